The van der Waals surface area contributed by atoms with Crippen molar-refractivity contribution in [1.29, 1.82) is 0 Å². The van der Waals surface area contributed by atoms with E-state index in [0.29, 0.717) is 25.6 Å². The summed E-state index contributed by atoms with van der Waals surface area (Å²) in [5, 5.41) is 4.17. The molecule has 0 bridgehead atoms. The van der Waals surface area contributed by atoms with Crippen LogP contribution in [0.2, 0.25) is 0 Å². The number of carbonyl (C=O) groups excluding carboxylic acids is 1. The maximum absolute atomic E-state index is 14.1. The summed E-state index contributed by atoms with van der Waals surface area (Å²) in [5.74, 6) is -3.73. The fourth-order valence-corrected chi connectivity index (χ4v) is 3.95. The molecule has 150 valence electrons. The first-order valence-corrected chi connectivity index (χ1v) is 8.91. The molecule has 7 nitrogen and oxygen atoms in total. The quantitative estimate of drug-likeness (QED) is 0.752. The molecule has 0 saturated carbocycles. The number of primary amides is 1. The molecule has 3 atom stereocenters. The van der Waals surface area contributed by atoms with Gasteiger partial charge in [0.25, 0.3) is 0 Å². The molecule has 2 aromatic rings. The van der Waals surface area contributed by atoms with Gasteiger partial charge in [0.15, 0.2) is 11.6 Å². The van der Waals surface area contributed by atoms with Gasteiger partial charge in [0.05, 0.1) is 18.5 Å². The summed E-state index contributed by atoms with van der Waals surface area (Å²) < 4.78 is 48.1. The Morgan fingerprint density at radius 2 is 1.96 bits per heavy atom. The van der Waals surface area contributed by atoms with Crippen LogP contribution in [0.4, 0.5) is 13.2 Å². The van der Waals surface area contributed by atoms with Gasteiger partial charge in [-0.3, -0.25) is 14.4 Å². The monoisotopic (exact) mass is 395 g/mol. The Morgan fingerprint density at radius 3 is 2.68 bits per heavy atom. The van der Waals surface area contributed by atoms with E-state index in [1.165, 1.54) is 0 Å². The maximum Gasteiger partial charge on any atom is 0.239 e. The lowest BCUT2D eigenvalue weighted by Crippen LogP contribution is -2.48. The Balaban J connectivity index is 1.44. The van der Waals surface area contributed by atoms with Gasteiger partial charge in [0, 0.05) is 42.4 Å². The van der Waals surface area contributed by atoms with Crippen LogP contribution < -0.4 is 11.5 Å². The van der Waals surface area contributed by atoms with Gasteiger partial charge in [0.1, 0.15) is 18.5 Å². The summed E-state index contributed by atoms with van der Waals surface area (Å²) >= 11 is 0. The van der Waals surface area contributed by atoms with Crippen molar-refractivity contribution >= 4 is 5.91 Å². The Hall–Kier alpha value is -2.43. The minimum atomic E-state index is -1.25. The van der Waals surface area contributed by atoms with Crippen LogP contribution in [0.15, 0.2) is 18.3 Å². The number of rotatable bonds is 4. The molecule has 0 aliphatic carbocycles. The lowest BCUT2D eigenvalue weighted by Gasteiger charge is -2.38. The number of aromatic nitrogens is 2. The Labute approximate surface area is 159 Å². The van der Waals surface area contributed by atoms with Gasteiger partial charge in [-0.15, -0.1) is 0 Å². The van der Waals surface area contributed by atoms with E-state index in [1.807, 2.05) is 0 Å². The number of ether oxygens (including phenoxy) is 1. The van der Waals surface area contributed by atoms with Crippen LogP contribution in [-0.2, 0) is 29.2 Å². The minimum Gasteiger partial charge on any atom is -0.370 e. The van der Waals surface area contributed by atoms with E-state index in [-0.39, 0.29) is 24.8 Å². The number of nitrogens with zero attached hydrogens (tertiary/aromatic N) is 3. The van der Waals surface area contributed by atoms with Crippen molar-refractivity contribution in [2.45, 2.75) is 44.2 Å². The van der Waals surface area contributed by atoms with Crippen LogP contribution in [0.1, 0.15) is 29.3 Å². The standard InChI is InChI=1S/C18H20F3N5O2/c19-12-3-14(21)13(20)2-11(12)18-15(22)1-10(8-28-18)25-5-9-4-24-26(7-17(23)27)16(9)6-25/h2-4,10,15,18H,1,5-8,22H2,(H2,23,27). The normalized spacial score (nSPS) is 25.1. The van der Waals surface area contributed by atoms with Crippen molar-refractivity contribution in [3.8, 4) is 0 Å². The molecule has 2 aliphatic rings. The molecule has 1 aromatic heterocycles. The number of hydrogen-bond donors (Lipinski definition) is 2. The molecule has 4 N–H and O–H groups in total. The number of fused-ring (bicyclic) bond motifs is 1. The lowest BCUT2D eigenvalue weighted by molar-refractivity contribution is -0.118. The predicted molar refractivity (Wildman–Crippen MR) is 92.1 cm³/mol. The zero-order valence-corrected chi connectivity index (χ0v) is 14.9. The molecule has 1 amide bonds. The Morgan fingerprint density at radius 1 is 1.21 bits per heavy atom. The average Bonchev–Trinajstić information content (AvgIpc) is 3.20. The highest BCUT2D eigenvalue weighted by Crippen LogP contribution is 2.34. The molecule has 1 fully saturated rings. The van der Waals surface area contributed by atoms with E-state index in [9.17, 15) is 18.0 Å². The third-order valence-corrected chi connectivity index (χ3v) is 5.33. The molecule has 3 unspecified atom stereocenters. The molecule has 1 aromatic carbocycles. The van der Waals surface area contributed by atoms with Gasteiger partial charge < -0.3 is 16.2 Å². The summed E-state index contributed by atoms with van der Waals surface area (Å²) in [6, 6.07) is 0.701. The largest absolute Gasteiger partial charge is 0.370 e. The van der Waals surface area contributed by atoms with E-state index in [0.717, 1.165) is 17.3 Å². The second-order valence-corrected chi connectivity index (χ2v) is 7.24. The number of halogens is 3. The molecule has 0 radical (unpaired) electrons. The van der Waals surface area contributed by atoms with Gasteiger partial charge in [-0.2, -0.15) is 5.10 Å². The third kappa shape index (κ3) is 3.38. The van der Waals surface area contributed by atoms with Crippen molar-refractivity contribution in [3.63, 3.8) is 0 Å². The van der Waals surface area contributed by atoms with Crippen LogP contribution in [0.25, 0.3) is 0 Å². The predicted octanol–water partition coefficient (Wildman–Crippen LogP) is 0.959. The van der Waals surface area contributed by atoms with Crippen molar-refractivity contribution in [1.82, 2.24) is 14.7 Å². The molecule has 2 aliphatic heterocycles. The summed E-state index contributed by atoms with van der Waals surface area (Å²) in [6.45, 7) is 1.47. The highest BCUT2D eigenvalue weighted by Gasteiger charge is 2.37. The van der Waals surface area contributed by atoms with Gasteiger partial charge in [-0.25, -0.2) is 13.2 Å². The molecular weight excluding hydrogens is 375 g/mol. The van der Waals surface area contributed by atoms with Gasteiger partial charge in [-0.1, -0.05) is 0 Å². The van der Waals surface area contributed by atoms with Crippen molar-refractivity contribution in [2.75, 3.05) is 6.61 Å². The van der Waals surface area contributed by atoms with E-state index in [4.69, 9.17) is 16.2 Å². The summed E-state index contributed by atoms with van der Waals surface area (Å²) in [7, 11) is 0. The van der Waals surface area contributed by atoms with Gasteiger partial charge >= 0.3 is 0 Å². The number of benzene rings is 1. The number of hydrogen-bond acceptors (Lipinski definition) is 5. The molecule has 1 saturated heterocycles. The Bertz CT molecular complexity index is 919. The number of amides is 1. The maximum atomic E-state index is 14.1. The SMILES string of the molecule is NC(=O)Cn1ncc2c1CN(C1COC(c3cc(F)c(F)cc3F)C(N)C1)C2. The average molecular weight is 395 g/mol. The fourth-order valence-electron chi connectivity index (χ4n) is 3.95. The third-order valence-electron chi connectivity index (χ3n) is 5.33. The van der Waals surface area contributed by atoms with Crippen molar-refractivity contribution in [3.05, 3.63) is 52.6 Å². The van der Waals surface area contributed by atoms with E-state index < -0.39 is 35.5 Å². The van der Waals surface area contributed by atoms with Crippen LogP contribution in [0.5, 0.6) is 0 Å². The minimum absolute atomic E-state index is 0.0152. The summed E-state index contributed by atoms with van der Waals surface area (Å²) in [6.07, 6.45) is 1.36. The first-order valence-electron chi connectivity index (χ1n) is 8.91. The zero-order valence-electron chi connectivity index (χ0n) is 14.9. The van der Waals surface area contributed by atoms with E-state index in [2.05, 4.69) is 10.00 Å². The molecule has 3 heterocycles. The Kier molecular flexibility index (Phi) is 4.86. The first-order chi connectivity index (χ1) is 13.3. The van der Waals surface area contributed by atoms with Crippen LogP contribution >= 0.6 is 0 Å². The molecule has 4 rings (SSSR count). The second kappa shape index (κ2) is 7.19. The van der Waals surface area contributed by atoms with E-state index in [1.54, 1.807) is 10.9 Å². The fraction of sp³-hybridized carbons (Fsp3) is 0.444. The summed E-state index contributed by atoms with van der Waals surface area (Å²) in [4.78, 5) is 13.3. The smallest absolute Gasteiger partial charge is 0.239 e. The summed E-state index contributed by atoms with van der Waals surface area (Å²) in [5.41, 5.74) is 13.3. The lowest BCUT2D eigenvalue weighted by atomic mass is 9.93. The first kappa shape index (κ1) is 18.9. The van der Waals surface area contributed by atoms with Gasteiger partial charge in [0.2, 0.25) is 5.91 Å². The topological polar surface area (TPSA) is 99.4 Å². The van der Waals surface area contributed by atoms with Crippen molar-refractivity contribution < 1.29 is 22.7 Å². The molecule has 28 heavy (non-hydrogen) atoms. The van der Waals surface area contributed by atoms with Gasteiger partial charge in [-0.05, 0) is 12.5 Å². The van der Waals surface area contributed by atoms with Crippen LogP contribution in [-0.4, -0.2) is 39.3 Å². The highest BCUT2D eigenvalue weighted by molar-refractivity contribution is 5.73. The highest BCUT2D eigenvalue weighted by atomic mass is 19.2. The van der Waals surface area contributed by atoms with Crippen LogP contribution in [0, 0.1) is 17.5 Å². The zero-order chi connectivity index (χ0) is 20.0. The van der Waals surface area contributed by atoms with Crippen LogP contribution in [0.3, 0.4) is 0 Å². The number of nitrogens with two attached hydrogens (primary N) is 2. The molecule has 0 spiro atoms. The van der Waals surface area contributed by atoms with E-state index >= 15 is 0 Å². The molecule has 10 heteroatoms. The molecular formula is C18H20F3N5O2. The van der Waals surface area contributed by atoms with Crippen molar-refractivity contribution in [2.24, 2.45) is 11.5 Å². The number of carbonyl (C=O) groups is 1. The second-order valence-electron chi connectivity index (χ2n) is 7.24.